The molecule has 2 N–H and O–H groups in total. The van der Waals surface area contributed by atoms with Gasteiger partial charge in [0.05, 0.1) is 11.7 Å². The van der Waals surface area contributed by atoms with Gasteiger partial charge >= 0.3 is 6.03 Å². The van der Waals surface area contributed by atoms with Gasteiger partial charge in [-0.1, -0.05) is 12.8 Å². The van der Waals surface area contributed by atoms with Crippen molar-refractivity contribution in [2.24, 2.45) is 0 Å². The number of carbonyl (C=O) groups excluding carboxylic acids is 1. The zero-order valence-electron chi connectivity index (χ0n) is 15.8. The molecule has 3 rings (SSSR count). The van der Waals surface area contributed by atoms with E-state index in [-0.39, 0.29) is 12.1 Å². The van der Waals surface area contributed by atoms with Crippen LogP contribution in [0.5, 0.6) is 0 Å². The van der Waals surface area contributed by atoms with Crippen molar-refractivity contribution in [1.29, 1.82) is 0 Å². The molecule has 6 nitrogen and oxygen atoms in total. The standard InChI is InChI=1S/C19H33N5O/c1-15-18(16(2)22-21-15)17-9-4-3-5-14-24(17)19(25)20-10-8-13-23-11-6-7-12-23/h17H,3-14H2,1-2H3,(H,20,25)(H,21,22)/t17-/m1/s1. The maximum atomic E-state index is 12.8. The predicted molar refractivity (Wildman–Crippen MR) is 99.7 cm³/mol. The Bertz CT molecular complexity index is 545. The lowest BCUT2D eigenvalue weighted by Crippen LogP contribution is -2.43. The van der Waals surface area contributed by atoms with Crippen LogP contribution in [0.1, 0.15) is 67.9 Å². The summed E-state index contributed by atoms with van der Waals surface area (Å²) in [7, 11) is 0. The van der Waals surface area contributed by atoms with Gasteiger partial charge in [0.15, 0.2) is 0 Å². The van der Waals surface area contributed by atoms with E-state index >= 15 is 0 Å². The number of aryl methyl sites for hydroxylation is 2. The molecule has 140 valence electrons. The Balaban J connectivity index is 1.57. The van der Waals surface area contributed by atoms with Crippen LogP contribution in [0, 0.1) is 13.8 Å². The molecule has 2 amide bonds. The van der Waals surface area contributed by atoms with Gasteiger partial charge in [0, 0.05) is 24.3 Å². The van der Waals surface area contributed by atoms with Gasteiger partial charge in [0.1, 0.15) is 0 Å². The number of likely N-dealkylation sites (tertiary alicyclic amines) is 2. The van der Waals surface area contributed by atoms with E-state index in [2.05, 4.69) is 27.3 Å². The summed E-state index contributed by atoms with van der Waals surface area (Å²) in [4.78, 5) is 17.4. The molecule has 0 spiro atoms. The highest BCUT2D eigenvalue weighted by molar-refractivity contribution is 5.74. The Kier molecular flexibility index (Phi) is 6.34. The number of hydrogen-bond acceptors (Lipinski definition) is 3. The number of carbonyl (C=O) groups is 1. The fourth-order valence-electron chi connectivity index (χ4n) is 4.31. The highest BCUT2D eigenvalue weighted by Crippen LogP contribution is 2.33. The van der Waals surface area contributed by atoms with Crippen LogP contribution in [0.4, 0.5) is 4.79 Å². The third kappa shape index (κ3) is 4.54. The van der Waals surface area contributed by atoms with Gasteiger partial charge < -0.3 is 15.1 Å². The van der Waals surface area contributed by atoms with Gasteiger partial charge in [-0.05, 0) is 65.6 Å². The molecule has 0 unspecified atom stereocenters. The molecular weight excluding hydrogens is 314 g/mol. The zero-order chi connectivity index (χ0) is 17.6. The van der Waals surface area contributed by atoms with Crippen LogP contribution in [0.3, 0.4) is 0 Å². The smallest absolute Gasteiger partial charge is 0.317 e. The van der Waals surface area contributed by atoms with E-state index in [4.69, 9.17) is 0 Å². The number of amides is 2. The van der Waals surface area contributed by atoms with E-state index in [1.54, 1.807) is 0 Å². The molecule has 2 saturated heterocycles. The highest BCUT2D eigenvalue weighted by atomic mass is 16.2. The van der Waals surface area contributed by atoms with Crippen molar-refractivity contribution in [2.45, 2.75) is 64.8 Å². The van der Waals surface area contributed by atoms with Crippen molar-refractivity contribution < 1.29 is 4.79 Å². The van der Waals surface area contributed by atoms with Crippen molar-refractivity contribution in [3.8, 4) is 0 Å². The monoisotopic (exact) mass is 347 g/mol. The maximum absolute atomic E-state index is 12.8. The van der Waals surface area contributed by atoms with Crippen molar-refractivity contribution in [3.05, 3.63) is 17.0 Å². The Morgan fingerprint density at radius 1 is 1.16 bits per heavy atom. The average molecular weight is 348 g/mol. The van der Waals surface area contributed by atoms with Gasteiger partial charge in [0.25, 0.3) is 0 Å². The number of rotatable bonds is 5. The molecule has 6 heteroatoms. The fourth-order valence-corrected chi connectivity index (χ4v) is 4.31. The third-order valence-corrected chi connectivity index (χ3v) is 5.66. The molecule has 25 heavy (non-hydrogen) atoms. The van der Waals surface area contributed by atoms with Gasteiger partial charge in [0.2, 0.25) is 0 Å². The normalized spacial score (nSPS) is 22.2. The topological polar surface area (TPSA) is 64.3 Å². The molecule has 0 radical (unpaired) electrons. The van der Waals surface area contributed by atoms with E-state index in [0.29, 0.717) is 0 Å². The van der Waals surface area contributed by atoms with E-state index in [1.807, 2.05) is 11.8 Å². The maximum Gasteiger partial charge on any atom is 0.317 e. The summed E-state index contributed by atoms with van der Waals surface area (Å²) in [5.41, 5.74) is 3.33. The predicted octanol–water partition coefficient (Wildman–Crippen LogP) is 3.14. The lowest BCUT2D eigenvalue weighted by atomic mass is 9.99. The molecule has 1 aromatic heterocycles. The van der Waals surface area contributed by atoms with E-state index < -0.39 is 0 Å². The number of nitrogens with zero attached hydrogens (tertiary/aromatic N) is 3. The average Bonchev–Trinajstić information content (AvgIpc) is 3.15. The molecule has 1 aromatic rings. The highest BCUT2D eigenvalue weighted by Gasteiger charge is 2.29. The SMILES string of the molecule is Cc1n[nH]c(C)c1[C@H]1CCCCCN1C(=O)NCCCN1CCCC1. The lowest BCUT2D eigenvalue weighted by Gasteiger charge is -2.31. The first-order valence-corrected chi connectivity index (χ1v) is 9.95. The van der Waals surface area contributed by atoms with Crippen LogP contribution >= 0.6 is 0 Å². The second-order valence-electron chi connectivity index (χ2n) is 7.54. The van der Waals surface area contributed by atoms with Gasteiger partial charge in [-0.15, -0.1) is 0 Å². The van der Waals surface area contributed by atoms with Crippen LogP contribution < -0.4 is 5.32 Å². The largest absolute Gasteiger partial charge is 0.338 e. The molecule has 2 aliphatic rings. The lowest BCUT2D eigenvalue weighted by molar-refractivity contribution is 0.175. The fraction of sp³-hybridized carbons (Fsp3) is 0.789. The third-order valence-electron chi connectivity index (χ3n) is 5.66. The molecular formula is C19H33N5O. The minimum Gasteiger partial charge on any atom is -0.338 e. The first kappa shape index (κ1) is 18.2. The summed E-state index contributed by atoms with van der Waals surface area (Å²) in [5.74, 6) is 0. The number of aromatic nitrogens is 2. The Hall–Kier alpha value is -1.56. The second kappa shape index (κ2) is 8.70. The summed E-state index contributed by atoms with van der Waals surface area (Å²) in [6, 6.07) is 0.244. The zero-order valence-corrected chi connectivity index (χ0v) is 15.8. The van der Waals surface area contributed by atoms with Gasteiger partial charge in [-0.25, -0.2) is 4.79 Å². The molecule has 0 bridgehead atoms. The Morgan fingerprint density at radius 3 is 2.64 bits per heavy atom. The number of urea groups is 1. The minimum atomic E-state index is 0.0910. The first-order chi connectivity index (χ1) is 12.2. The van der Waals surface area contributed by atoms with Crippen molar-refractivity contribution in [2.75, 3.05) is 32.7 Å². The molecule has 1 atom stereocenters. The Labute approximate surface area is 151 Å². The molecule has 0 saturated carbocycles. The van der Waals surface area contributed by atoms with E-state index in [9.17, 15) is 4.79 Å². The number of H-pyrrole nitrogens is 1. The van der Waals surface area contributed by atoms with Crippen LogP contribution in [0.2, 0.25) is 0 Å². The molecule has 0 aromatic carbocycles. The number of aromatic amines is 1. The van der Waals surface area contributed by atoms with Crippen molar-refractivity contribution in [3.63, 3.8) is 0 Å². The summed E-state index contributed by atoms with van der Waals surface area (Å²) in [6.07, 6.45) is 8.18. The van der Waals surface area contributed by atoms with Crippen LogP contribution in [-0.4, -0.2) is 58.8 Å². The summed E-state index contributed by atoms with van der Waals surface area (Å²) >= 11 is 0. The quantitative estimate of drug-likeness (QED) is 0.804. The second-order valence-corrected chi connectivity index (χ2v) is 7.54. The summed E-state index contributed by atoms with van der Waals surface area (Å²) < 4.78 is 0. The number of hydrogen-bond donors (Lipinski definition) is 2. The van der Waals surface area contributed by atoms with Crippen LogP contribution in [0.15, 0.2) is 0 Å². The Morgan fingerprint density at radius 2 is 1.92 bits per heavy atom. The van der Waals surface area contributed by atoms with Gasteiger partial charge in [-0.2, -0.15) is 5.10 Å². The first-order valence-electron chi connectivity index (χ1n) is 9.95. The summed E-state index contributed by atoms with van der Waals surface area (Å²) in [5, 5.41) is 10.6. The molecule has 0 aliphatic carbocycles. The van der Waals surface area contributed by atoms with Crippen LogP contribution in [0.25, 0.3) is 0 Å². The van der Waals surface area contributed by atoms with E-state index in [1.165, 1.54) is 44.3 Å². The van der Waals surface area contributed by atoms with E-state index in [0.717, 1.165) is 50.3 Å². The molecule has 3 heterocycles. The molecule has 2 aliphatic heterocycles. The molecule has 2 fully saturated rings. The summed E-state index contributed by atoms with van der Waals surface area (Å²) in [6.45, 7) is 9.25. The van der Waals surface area contributed by atoms with Crippen molar-refractivity contribution in [1.82, 2.24) is 25.3 Å². The van der Waals surface area contributed by atoms with Gasteiger partial charge in [-0.3, -0.25) is 5.10 Å². The minimum absolute atomic E-state index is 0.0910. The van der Waals surface area contributed by atoms with Crippen LogP contribution in [-0.2, 0) is 0 Å². The van der Waals surface area contributed by atoms with Crippen molar-refractivity contribution >= 4 is 6.03 Å². The number of nitrogens with one attached hydrogen (secondary N) is 2.